The number of aliphatic hydroxyl groups excluding tert-OH is 4. The van der Waals surface area contributed by atoms with Gasteiger partial charge >= 0.3 is 17.9 Å². The van der Waals surface area contributed by atoms with E-state index in [4.69, 9.17) is 28.4 Å². The average Bonchev–Trinajstić information content (AvgIpc) is 3.23. The lowest BCUT2D eigenvalue weighted by Gasteiger charge is -2.44. The van der Waals surface area contributed by atoms with Crippen LogP contribution in [0, 0.1) is 23.7 Å². The van der Waals surface area contributed by atoms with Crippen molar-refractivity contribution in [3.8, 4) is 17.2 Å². The first-order chi connectivity index (χ1) is 29.2. The van der Waals surface area contributed by atoms with E-state index in [1.165, 1.54) is 18.2 Å². The molecule has 0 radical (unpaired) electrons. The van der Waals surface area contributed by atoms with Gasteiger partial charge in [-0.25, -0.2) is 0 Å². The first kappa shape index (κ1) is 49.7. The van der Waals surface area contributed by atoms with Crippen molar-refractivity contribution in [2.24, 2.45) is 23.7 Å². The quantitative estimate of drug-likeness (QED) is 0.0227. The van der Waals surface area contributed by atoms with Crippen LogP contribution in [0.3, 0.4) is 0 Å². The number of carbonyl (C=O) groups excluding carboxylic acids is 6. The predicted molar refractivity (Wildman–Crippen MR) is 208 cm³/mol. The molecule has 2 aromatic rings. The Labute approximate surface area is 350 Å². The highest BCUT2D eigenvalue weighted by Crippen LogP contribution is 2.38. The number of cyclic esters (lactones) is 1. The Morgan fingerprint density at radius 1 is 0.869 bits per heavy atom. The molecule has 61 heavy (non-hydrogen) atoms. The molecule has 19 heteroatoms. The number of rotatable bonds is 21. The summed E-state index contributed by atoms with van der Waals surface area (Å²) in [5.41, 5.74) is 1.97. The zero-order valence-electron chi connectivity index (χ0n) is 33.3. The second kappa shape index (κ2) is 25.2. The number of aromatic hydroxyl groups is 3. The summed E-state index contributed by atoms with van der Waals surface area (Å²) in [6.07, 6.45) is -4.69. The molecule has 0 bridgehead atoms. The first-order valence-corrected chi connectivity index (χ1v) is 19.2. The van der Waals surface area contributed by atoms with Gasteiger partial charge in [0.25, 0.3) is 6.47 Å². The van der Waals surface area contributed by atoms with Gasteiger partial charge in [-0.15, -0.1) is 6.58 Å². The van der Waals surface area contributed by atoms with Gasteiger partial charge in [-0.3, -0.25) is 24.0 Å². The van der Waals surface area contributed by atoms with E-state index in [0.29, 0.717) is 30.1 Å². The molecular formula is C42H52O19. The normalized spacial score (nSPS) is 25.4. The zero-order valence-corrected chi connectivity index (χ0v) is 33.3. The number of ether oxygens (including phenoxy) is 6. The molecule has 0 aliphatic carbocycles. The van der Waals surface area contributed by atoms with Gasteiger partial charge in [0.1, 0.15) is 49.3 Å². The number of allylic oxidation sites excluding steroid dienone is 2. The van der Waals surface area contributed by atoms with Gasteiger partial charge < -0.3 is 69.0 Å². The molecule has 2 aliphatic heterocycles. The van der Waals surface area contributed by atoms with Crippen LogP contribution in [0.2, 0.25) is 0 Å². The van der Waals surface area contributed by atoms with E-state index in [1.807, 2.05) is 0 Å². The summed E-state index contributed by atoms with van der Waals surface area (Å²) in [7, 11) is 0. The van der Waals surface area contributed by atoms with E-state index >= 15 is 0 Å². The molecule has 4 unspecified atom stereocenters. The Morgan fingerprint density at radius 2 is 1.52 bits per heavy atom. The third-order valence-electron chi connectivity index (χ3n) is 10.0. The summed E-state index contributed by atoms with van der Waals surface area (Å²) in [5.74, 6) is -5.81. The number of hydrogen-bond donors (Lipinski definition) is 7. The molecule has 4 rings (SSSR count). The molecule has 2 aliphatic rings. The van der Waals surface area contributed by atoms with Crippen molar-refractivity contribution in [1.82, 2.24) is 0 Å². The summed E-state index contributed by atoms with van der Waals surface area (Å²) in [5, 5.41) is 67.9. The van der Waals surface area contributed by atoms with Crippen molar-refractivity contribution in [3.05, 3.63) is 77.9 Å². The topological polar surface area (TPSA) is 299 Å². The summed E-state index contributed by atoms with van der Waals surface area (Å²) < 4.78 is 31.4. The summed E-state index contributed by atoms with van der Waals surface area (Å²) in [4.78, 5) is 69.7. The highest BCUT2D eigenvalue weighted by Gasteiger charge is 2.50. The lowest BCUT2D eigenvalue weighted by atomic mass is 9.77. The van der Waals surface area contributed by atoms with Crippen LogP contribution in [0.4, 0.5) is 0 Å². The van der Waals surface area contributed by atoms with E-state index < -0.39 is 91.8 Å². The van der Waals surface area contributed by atoms with E-state index in [1.54, 1.807) is 43.3 Å². The van der Waals surface area contributed by atoms with Gasteiger partial charge in [0.05, 0.1) is 38.6 Å². The predicted octanol–water partition coefficient (Wildman–Crippen LogP) is 0.699. The molecule has 10 atom stereocenters. The molecular weight excluding hydrogens is 808 g/mol. The SMILES string of the molecule is C/C=C(\C=O)[C@@H](CC=O)CC(=O)OCCc1ccc(O)cc1.C=CC1C(O[C@@H]2O[C@H](CO)[C@@H](O)[C@H](O)[C@H]2O)OC(=O)C(COC=O)C1CC(=O)OCCc1ccc(O)c(O)c1. The molecule has 19 nitrogen and oxygen atoms in total. The smallest absolute Gasteiger partial charge is 0.315 e. The first-order valence-electron chi connectivity index (χ1n) is 19.2. The fourth-order valence-electron chi connectivity index (χ4n) is 6.57. The Morgan fingerprint density at radius 3 is 2.11 bits per heavy atom. The maximum absolute atomic E-state index is 12.8. The third kappa shape index (κ3) is 14.8. The van der Waals surface area contributed by atoms with Gasteiger partial charge in [-0.05, 0) is 53.8 Å². The number of aldehydes is 2. The number of hydrogen-bond acceptors (Lipinski definition) is 19. The lowest BCUT2D eigenvalue weighted by Crippen LogP contribution is -2.61. The van der Waals surface area contributed by atoms with Crippen LogP contribution in [-0.2, 0) is 70.0 Å². The molecule has 0 amide bonds. The Hall–Kier alpha value is -5.70. The van der Waals surface area contributed by atoms with Crippen molar-refractivity contribution in [2.45, 2.75) is 76.0 Å². The second-order valence-electron chi connectivity index (χ2n) is 14.0. The minimum absolute atomic E-state index is 0.00668. The number of benzene rings is 2. The maximum atomic E-state index is 12.8. The molecule has 0 saturated carbocycles. The molecule has 7 N–H and O–H groups in total. The molecule has 0 aromatic heterocycles. The van der Waals surface area contributed by atoms with Gasteiger partial charge in [0, 0.05) is 31.1 Å². The molecule has 2 saturated heterocycles. The van der Waals surface area contributed by atoms with E-state index in [2.05, 4.69) is 6.58 Å². The number of carbonyl (C=O) groups is 6. The number of phenolic OH excluding ortho intramolecular Hbond substituents is 3. The highest BCUT2D eigenvalue weighted by molar-refractivity contribution is 5.79. The minimum atomic E-state index is -1.77. The standard InChI is InChI=1S/C25H32O14.C17H20O5/c1-2-13-14(8-19(30)36-6-5-12-3-4-16(28)17(29)7-12)15(10-35-11-27)23(34)38-24(13)39-25-22(33)21(32)20(31)18(9-26)37-25;1-2-14(12-19)15(7-9-18)11-17(21)22-10-8-13-3-5-16(20)6-4-13/h2-4,7,11,13-15,18,20-22,24-26,28-29,31-33H,1,5-6,8-10H2;2-6,9,12,15,20H,7-8,10-11H2,1H3/b;14-2+/t13?,14?,15?,18-,20-,21+,22-,24?,25+;15-/m10/s1. The van der Waals surface area contributed by atoms with E-state index in [-0.39, 0.29) is 62.6 Å². The number of esters is 3. The lowest BCUT2D eigenvalue weighted by molar-refractivity contribution is -0.344. The summed E-state index contributed by atoms with van der Waals surface area (Å²) >= 11 is 0. The fraction of sp³-hybridized carbons (Fsp3) is 0.476. The van der Waals surface area contributed by atoms with Crippen LogP contribution >= 0.6 is 0 Å². The second-order valence-corrected chi connectivity index (χ2v) is 14.0. The van der Waals surface area contributed by atoms with Crippen LogP contribution < -0.4 is 0 Å². The number of aliphatic hydroxyl groups is 4. The van der Waals surface area contributed by atoms with Crippen LogP contribution in [0.15, 0.2) is 66.8 Å². The van der Waals surface area contributed by atoms with Gasteiger partial charge in [-0.2, -0.15) is 0 Å². The van der Waals surface area contributed by atoms with Crippen LogP contribution in [0.5, 0.6) is 17.2 Å². The Kier molecular flexibility index (Phi) is 20.5. The fourth-order valence-corrected chi connectivity index (χ4v) is 6.57. The van der Waals surface area contributed by atoms with Crippen LogP contribution in [0.25, 0.3) is 0 Å². The molecule has 2 heterocycles. The van der Waals surface area contributed by atoms with Crippen molar-refractivity contribution in [2.75, 3.05) is 26.4 Å². The summed E-state index contributed by atoms with van der Waals surface area (Å²) in [6, 6.07) is 10.8. The largest absolute Gasteiger partial charge is 0.508 e. The Bertz CT molecular complexity index is 1790. The molecule has 2 fully saturated rings. The molecule has 2 aromatic carbocycles. The Balaban J connectivity index is 0.000000382. The van der Waals surface area contributed by atoms with Gasteiger partial charge in [-0.1, -0.05) is 30.4 Å². The highest BCUT2D eigenvalue weighted by atomic mass is 16.8. The van der Waals surface area contributed by atoms with Gasteiger partial charge in [0.2, 0.25) is 6.29 Å². The average molecular weight is 861 g/mol. The van der Waals surface area contributed by atoms with Crippen molar-refractivity contribution < 1.29 is 92.9 Å². The minimum Gasteiger partial charge on any atom is -0.508 e. The van der Waals surface area contributed by atoms with Crippen LogP contribution in [-0.4, -0.2) is 136 Å². The third-order valence-corrected chi connectivity index (χ3v) is 10.0. The van der Waals surface area contributed by atoms with Crippen molar-refractivity contribution in [3.63, 3.8) is 0 Å². The van der Waals surface area contributed by atoms with Gasteiger partial charge in [0.15, 0.2) is 17.8 Å². The maximum Gasteiger partial charge on any atom is 0.315 e. The molecule has 334 valence electrons. The summed E-state index contributed by atoms with van der Waals surface area (Å²) in [6.45, 7) is 4.55. The van der Waals surface area contributed by atoms with Crippen LogP contribution in [0.1, 0.15) is 37.3 Å². The molecule has 0 spiro atoms. The van der Waals surface area contributed by atoms with Crippen molar-refractivity contribution >= 4 is 37.0 Å². The monoisotopic (exact) mass is 860 g/mol. The van der Waals surface area contributed by atoms with E-state index in [9.17, 15) is 64.5 Å². The van der Waals surface area contributed by atoms with E-state index in [0.717, 1.165) is 5.56 Å². The zero-order chi connectivity index (χ0) is 45.1. The van der Waals surface area contributed by atoms with Crippen molar-refractivity contribution in [1.29, 1.82) is 0 Å². The number of phenols is 3.